The van der Waals surface area contributed by atoms with E-state index in [1.165, 1.54) is 25.3 Å². The summed E-state index contributed by atoms with van der Waals surface area (Å²) in [7, 11) is -2.79. The first kappa shape index (κ1) is 22.4. The van der Waals surface area contributed by atoms with E-state index in [1.807, 2.05) is 0 Å². The fourth-order valence-electron chi connectivity index (χ4n) is 2.58. The Hall–Kier alpha value is -3.24. The van der Waals surface area contributed by atoms with Crippen molar-refractivity contribution >= 4 is 38.9 Å². The maximum absolute atomic E-state index is 13.5. The number of halogens is 4. The monoisotopic (exact) mass is 470 g/mol. The number of benzene rings is 3. The third kappa shape index (κ3) is 5.09. The maximum Gasteiger partial charge on any atom is 0.262 e. The highest BCUT2D eigenvalue weighted by molar-refractivity contribution is 7.92. The van der Waals surface area contributed by atoms with E-state index in [0.29, 0.717) is 12.1 Å². The molecule has 0 aliphatic heterocycles. The Morgan fingerprint density at radius 1 is 0.968 bits per heavy atom. The van der Waals surface area contributed by atoms with Crippen molar-refractivity contribution in [3.63, 3.8) is 0 Å². The van der Waals surface area contributed by atoms with Crippen LogP contribution in [0.15, 0.2) is 59.5 Å². The smallest absolute Gasteiger partial charge is 0.262 e. The van der Waals surface area contributed by atoms with Crippen molar-refractivity contribution in [2.45, 2.75) is 4.90 Å². The van der Waals surface area contributed by atoms with E-state index in [1.54, 1.807) is 0 Å². The molecule has 0 saturated carbocycles. The molecule has 3 rings (SSSR count). The van der Waals surface area contributed by atoms with Gasteiger partial charge in [-0.3, -0.25) is 9.52 Å². The molecule has 11 heteroatoms. The molecule has 0 saturated heterocycles. The lowest BCUT2D eigenvalue weighted by Crippen LogP contribution is -2.15. The van der Waals surface area contributed by atoms with Crippen molar-refractivity contribution < 1.29 is 31.1 Å². The van der Waals surface area contributed by atoms with Crippen LogP contribution in [0.3, 0.4) is 0 Å². The van der Waals surface area contributed by atoms with E-state index in [9.17, 15) is 26.4 Å². The standard InChI is InChI=1S/C20H14ClF3N2O4S/c1-30-19-7-4-12(25-20(27)14-9-16(23)17(24)10-15(14)21)8-18(19)26-31(28,29)13-5-2-11(22)3-6-13/h2-10,26H,1H3,(H,25,27). The number of anilines is 2. The van der Waals surface area contributed by atoms with Crippen molar-refractivity contribution in [3.05, 3.63) is 82.6 Å². The Bertz CT molecular complexity index is 1250. The van der Waals surface area contributed by atoms with Crippen molar-refractivity contribution in [2.24, 2.45) is 0 Å². The number of amides is 1. The molecule has 3 aromatic rings. The number of rotatable bonds is 6. The van der Waals surface area contributed by atoms with Gasteiger partial charge < -0.3 is 10.1 Å². The summed E-state index contributed by atoms with van der Waals surface area (Å²) in [5, 5.41) is 2.11. The Morgan fingerprint density at radius 3 is 2.26 bits per heavy atom. The fourth-order valence-corrected chi connectivity index (χ4v) is 3.88. The number of nitrogens with one attached hydrogen (secondary N) is 2. The summed E-state index contributed by atoms with van der Waals surface area (Å²) in [6.45, 7) is 0. The van der Waals surface area contributed by atoms with Gasteiger partial charge in [-0.2, -0.15) is 0 Å². The molecule has 0 aliphatic carbocycles. The van der Waals surface area contributed by atoms with Gasteiger partial charge >= 0.3 is 0 Å². The van der Waals surface area contributed by atoms with E-state index < -0.39 is 33.4 Å². The van der Waals surface area contributed by atoms with E-state index in [4.69, 9.17) is 16.3 Å². The molecule has 1 amide bonds. The minimum Gasteiger partial charge on any atom is -0.495 e. The van der Waals surface area contributed by atoms with Crippen molar-refractivity contribution in [3.8, 4) is 5.75 Å². The molecule has 0 radical (unpaired) electrons. The fraction of sp³-hybridized carbons (Fsp3) is 0.0500. The summed E-state index contributed by atoms with van der Waals surface area (Å²) in [5.74, 6) is -3.77. The van der Waals surface area contributed by atoms with Crippen LogP contribution >= 0.6 is 11.6 Å². The Labute approximate surface area is 180 Å². The molecule has 0 spiro atoms. The van der Waals surface area contributed by atoms with Crippen LogP contribution in [0, 0.1) is 17.5 Å². The van der Waals surface area contributed by atoms with E-state index in [0.717, 1.165) is 24.3 Å². The zero-order chi connectivity index (χ0) is 22.8. The predicted molar refractivity (Wildman–Crippen MR) is 110 cm³/mol. The van der Waals surface area contributed by atoms with Crippen LogP contribution in [0.2, 0.25) is 5.02 Å². The molecule has 0 unspecified atom stereocenters. The summed E-state index contributed by atoms with van der Waals surface area (Å²) in [6.07, 6.45) is 0. The summed E-state index contributed by atoms with van der Waals surface area (Å²) >= 11 is 5.80. The van der Waals surface area contributed by atoms with Gasteiger partial charge in [0, 0.05) is 5.69 Å². The quantitative estimate of drug-likeness (QED) is 0.506. The van der Waals surface area contributed by atoms with Crippen LogP contribution in [-0.4, -0.2) is 21.4 Å². The second-order valence-electron chi connectivity index (χ2n) is 6.17. The van der Waals surface area contributed by atoms with Crippen molar-refractivity contribution in [1.29, 1.82) is 0 Å². The molecule has 162 valence electrons. The number of methoxy groups -OCH3 is 1. The molecule has 0 aliphatic rings. The first-order chi connectivity index (χ1) is 14.6. The molecular formula is C20H14ClF3N2O4S. The number of carbonyl (C=O) groups excluding carboxylic acids is 1. The topological polar surface area (TPSA) is 84.5 Å². The van der Waals surface area contributed by atoms with Gasteiger partial charge in [-0.05, 0) is 54.6 Å². The molecule has 2 N–H and O–H groups in total. The van der Waals surface area contributed by atoms with Crippen molar-refractivity contribution in [1.82, 2.24) is 0 Å². The summed E-state index contributed by atoms with van der Waals surface area (Å²) in [6, 6.07) is 9.51. The lowest BCUT2D eigenvalue weighted by molar-refractivity contribution is 0.102. The molecule has 31 heavy (non-hydrogen) atoms. The van der Waals surface area contributed by atoms with Gasteiger partial charge in [0.2, 0.25) is 0 Å². The van der Waals surface area contributed by atoms with Gasteiger partial charge in [0.15, 0.2) is 11.6 Å². The highest BCUT2D eigenvalue weighted by atomic mass is 35.5. The van der Waals surface area contributed by atoms with Crippen LogP contribution in [0.25, 0.3) is 0 Å². The lowest BCUT2D eigenvalue weighted by atomic mass is 10.2. The van der Waals surface area contributed by atoms with Gasteiger partial charge in [0.05, 0.1) is 28.3 Å². The summed E-state index contributed by atoms with van der Waals surface area (Å²) < 4.78 is 72.3. The second kappa shape index (κ2) is 8.86. The minimum absolute atomic E-state index is 0.0268. The van der Waals surface area contributed by atoms with Crippen molar-refractivity contribution in [2.75, 3.05) is 17.1 Å². The van der Waals surface area contributed by atoms with Gasteiger partial charge in [-0.25, -0.2) is 21.6 Å². The van der Waals surface area contributed by atoms with Crippen LogP contribution < -0.4 is 14.8 Å². The van der Waals surface area contributed by atoms with Crippen LogP contribution in [-0.2, 0) is 10.0 Å². The van der Waals surface area contributed by atoms with E-state index in [-0.39, 0.29) is 32.6 Å². The average Bonchev–Trinajstić information content (AvgIpc) is 2.71. The third-order valence-electron chi connectivity index (χ3n) is 4.08. The summed E-state index contributed by atoms with van der Waals surface area (Å²) in [5.41, 5.74) is -0.228. The molecule has 3 aromatic carbocycles. The average molecular weight is 471 g/mol. The summed E-state index contributed by atoms with van der Waals surface area (Å²) in [4.78, 5) is 12.2. The number of sulfonamides is 1. The van der Waals surface area contributed by atoms with Gasteiger partial charge in [-0.15, -0.1) is 0 Å². The second-order valence-corrected chi connectivity index (χ2v) is 8.26. The Morgan fingerprint density at radius 2 is 1.61 bits per heavy atom. The predicted octanol–water partition coefficient (Wildman–Crippen LogP) is 4.82. The molecule has 0 bridgehead atoms. The Kier molecular flexibility index (Phi) is 6.42. The minimum atomic E-state index is -4.10. The largest absolute Gasteiger partial charge is 0.495 e. The molecule has 0 aromatic heterocycles. The van der Waals surface area contributed by atoms with Crippen LogP contribution in [0.5, 0.6) is 5.75 Å². The first-order valence-corrected chi connectivity index (χ1v) is 10.4. The number of hydrogen-bond acceptors (Lipinski definition) is 4. The Balaban J connectivity index is 1.89. The van der Waals surface area contributed by atoms with E-state index >= 15 is 0 Å². The van der Waals surface area contributed by atoms with E-state index in [2.05, 4.69) is 10.0 Å². The van der Waals surface area contributed by atoms with Crippen LogP contribution in [0.4, 0.5) is 24.5 Å². The lowest BCUT2D eigenvalue weighted by Gasteiger charge is -2.14. The molecule has 0 fully saturated rings. The van der Waals surface area contributed by atoms with Crippen LogP contribution in [0.1, 0.15) is 10.4 Å². The molecular weight excluding hydrogens is 457 g/mol. The number of carbonyl (C=O) groups is 1. The molecule has 0 heterocycles. The van der Waals surface area contributed by atoms with Gasteiger partial charge in [0.25, 0.3) is 15.9 Å². The maximum atomic E-state index is 13.5. The molecule has 0 atom stereocenters. The number of ether oxygens (including phenoxy) is 1. The van der Waals surface area contributed by atoms with Gasteiger partial charge in [0.1, 0.15) is 11.6 Å². The third-order valence-corrected chi connectivity index (χ3v) is 5.77. The highest BCUT2D eigenvalue weighted by Crippen LogP contribution is 2.31. The molecule has 6 nitrogen and oxygen atoms in total. The zero-order valence-electron chi connectivity index (χ0n) is 15.7. The SMILES string of the molecule is COc1ccc(NC(=O)c2cc(F)c(F)cc2Cl)cc1NS(=O)(=O)c1ccc(F)cc1. The normalized spacial score (nSPS) is 11.1. The van der Waals surface area contributed by atoms with Gasteiger partial charge in [-0.1, -0.05) is 11.6 Å². The first-order valence-electron chi connectivity index (χ1n) is 8.53. The number of hydrogen-bond donors (Lipinski definition) is 2. The zero-order valence-corrected chi connectivity index (χ0v) is 17.3. The highest BCUT2D eigenvalue weighted by Gasteiger charge is 2.19.